The third-order valence-electron chi connectivity index (χ3n) is 6.06. The van der Waals surface area contributed by atoms with E-state index in [0.29, 0.717) is 11.5 Å². The molecule has 2 aliphatic carbocycles. The molecule has 0 radical (unpaired) electrons. The highest BCUT2D eigenvalue weighted by atomic mass is 32.1. The summed E-state index contributed by atoms with van der Waals surface area (Å²) in [6, 6.07) is 13.3. The van der Waals surface area contributed by atoms with Crippen LogP contribution in [0.2, 0.25) is 0 Å². The van der Waals surface area contributed by atoms with Gasteiger partial charge < -0.3 is 0 Å². The van der Waals surface area contributed by atoms with Crippen molar-refractivity contribution in [2.45, 2.75) is 50.9 Å². The van der Waals surface area contributed by atoms with Crippen molar-refractivity contribution in [2.24, 2.45) is 16.8 Å². The van der Waals surface area contributed by atoms with Gasteiger partial charge in [0.05, 0.1) is 5.16 Å². The van der Waals surface area contributed by atoms with Gasteiger partial charge in [0.1, 0.15) is 5.69 Å². The summed E-state index contributed by atoms with van der Waals surface area (Å²) in [5.74, 6) is 8.43. The van der Waals surface area contributed by atoms with E-state index in [1.165, 1.54) is 56.6 Å². The van der Waals surface area contributed by atoms with Crippen molar-refractivity contribution in [3.8, 4) is 11.8 Å². The van der Waals surface area contributed by atoms with Crippen LogP contribution < -0.4 is 0 Å². The monoisotopic (exact) mass is 389 g/mol. The van der Waals surface area contributed by atoms with Gasteiger partial charge in [-0.25, -0.2) is 4.39 Å². The minimum absolute atomic E-state index is 0.191. The van der Waals surface area contributed by atoms with E-state index in [0.717, 1.165) is 17.4 Å². The maximum absolute atomic E-state index is 13.9. The molecule has 28 heavy (non-hydrogen) atoms. The van der Waals surface area contributed by atoms with Gasteiger partial charge in [0.25, 0.3) is 0 Å². The van der Waals surface area contributed by atoms with Gasteiger partial charge in [-0.15, -0.1) is 0 Å². The van der Waals surface area contributed by atoms with E-state index in [2.05, 4.69) is 58.5 Å². The maximum atomic E-state index is 13.9. The highest BCUT2D eigenvalue weighted by Gasteiger charge is 2.28. The predicted octanol–water partition coefficient (Wildman–Crippen LogP) is 7.03. The lowest BCUT2D eigenvalue weighted by molar-refractivity contribution is 0.299. The standard InChI is InChI=1S/C25H24FNS/c26-24-16-21(9-14-25(24)27-17-28)2-1-18-5-10-22(11-6-18)23-12-7-20(8-13-23)15-19-3-4-19/h5-6,9-11,14,16,19-20,23H,3-4,7-8,12-13,15H2. The minimum atomic E-state index is -0.434. The first-order valence-corrected chi connectivity index (χ1v) is 10.6. The van der Waals surface area contributed by atoms with Crippen molar-refractivity contribution in [3.63, 3.8) is 0 Å². The first-order valence-electron chi connectivity index (χ1n) is 10.2. The van der Waals surface area contributed by atoms with Gasteiger partial charge in [-0.3, -0.25) is 0 Å². The Bertz CT molecular complexity index is 935. The van der Waals surface area contributed by atoms with Gasteiger partial charge in [-0.1, -0.05) is 36.8 Å². The number of rotatable bonds is 4. The molecule has 0 N–H and O–H groups in total. The smallest absolute Gasteiger partial charge is 0.150 e. The van der Waals surface area contributed by atoms with Crippen molar-refractivity contribution in [2.75, 3.05) is 0 Å². The zero-order chi connectivity index (χ0) is 19.3. The fraction of sp³-hybridized carbons (Fsp3) is 0.400. The quantitative estimate of drug-likeness (QED) is 0.310. The molecule has 2 aromatic carbocycles. The van der Waals surface area contributed by atoms with Crippen molar-refractivity contribution < 1.29 is 4.39 Å². The fourth-order valence-corrected chi connectivity index (χ4v) is 4.36. The van der Waals surface area contributed by atoms with Crippen LogP contribution in [0.15, 0.2) is 47.5 Å². The number of aliphatic imine (C=N–C) groups is 1. The molecule has 2 saturated carbocycles. The Hall–Kier alpha value is -2.27. The van der Waals surface area contributed by atoms with Crippen LogP contribution in [0.1, 0.15) is 67.6 Å². The molecule has 2 aromatic rings. The lowest BCUT2D eigenvalue weighted by Gasteiger charge is -2.28. The second-order valence-electron chi connectivity index (χ2n) is 8.14. The van der Waals surface area contributed by atoms with Gasteiger partial charge in [-0.05, 0) is 98.0 Å². The van der Waals surface area contributed by atoms with E-state index >= 15 is 0 Å². The van der Waals surface area contributed by atoms with E-state index < -0.39 is 5.82 Å². The van der Waals surface area contributed by atoms with Gasteiger partial charge in [-0.2, -0.15) is 4.99 Å². The molecule has 0 amide bonds. The summed E-state index contributed by atoms with van der Waals surface area (Å²) < 4.78 is 13.9. The van der Waals surface area contributed by atoms with Crippen molar-refractivity contribution in [1.29, 1.82) is 0 Å². The summed E-state index contributed by atoms with van der Waals surface area (Å²) in [7, 11) is 0. The largest absolute Gasteiger partial charge is 0.205 e. The third-order valence-corrected chi connectivity index (χ3v) is 6.15. The zero-order valence-corrected chi connectivity index (χ0v) is 16.8. The summed E-state index contributed by atoms with van der Waals surface area (Å²) in [6.07, 6.45) is 9.83. The first-order chi connectivity index (χ1) is 13.7. The summed E-state index contributed by atoms with van der Waals surface area (Å²) >= 11 is 4.51. The average molecular weight is 390 g/mol. The number of isothiocyanates is 1. The topological polar surface area (TPSA) is 12.4 Å². The molecule has 4 rings (SSSR count). The highest BCUT2D eigenvalue weighted by Crippen LogP contribution is 2.43. The van der Waals surface area contributed by atoms with Crippen LogP contribution in [0.3, 0.4) is 0 Å². The molecule has 0 atom stereocenters. The van der Waals surface area contributed by atoms with Crippen molar-refractivity contribution in [1.82, 2.24) is 0 Å². The number of nitrogens with zero attached hydrogens (tertiary/aromatic N) is 1. The second-order valence-corrected chi connectivity index (χ2v) is 8.32. The van der Waals surface area contributed by atoms with Gasteiger partial charge in [0.2, 0.25) is 0 Å². The van der Waals surface area contributed by atoms with E-state index in [1.54, 1.807) is 12.1 Å². The minimum Gasteiger partial charge on any atom is -0.205 e. The molecule has 0 unspecified atom stereocenters. The second kappa shape index (κ2) is 8.82. The molecule has 142 valence electrons. The molecule has 0 saturated heterocycles. The van der Waals surface area contributed by atoms with E-state index in [9.17, 15) is 4.39 Å². The highest BCUT2D eigenvalue weighted by molar-refractivity contribution is 7.78. The number of hydrogen-bond donors (Lipinski definition) is 0. The third kappa shape index (κ3) is 4.96. The predicted molar refractivity (Wildman–Crippen MR) is 116 cm³/mol. The summed E-state index contributed by atoms with van der Waals surface area (Å²) in [4.78, 5) is 3.68. The molecular weight excluding hydrogens is 365 g/mol. The van der Waals surface area contributed by atoms with Crippen LogP contribution in [-0.2, 0) is 0 Å². The molecule has 2 fully saturated rings. The van der Waals surface area contributed by atoms with Gasteiger partial charge >= 0.3 is 0 Å². The number of hydrogen-bond acceptors (Lipinski definition) is 2. The van der Waals surface area contributed by atoms with Crippen LogP contribution in [0, 0.1) is 29.5 Å². The molecule has 2 aliphatic rings. The van der Waals surface area contributed by atoms with Crippen molar-refractivity contribution in [3.05, 3.63) is 65.0 Å². The van der Waals surface area contributed by atoms with Crippen LogP contribution in [0.5, 0.6) is 0 Å². The fourth-order valence-electron chi connectivity index (χ4n) is 4.26. The SMILES string of the molecule is Fc1cc(C#Cc2ccc(C3CCC(CC4CC4)CC3)cc2)ccc1N=C=S. The molecule has 0 aromatic heterocycles. The summed E-state index contributed by atoms with van der Waals surface area (Å²) in [5, 5.41) is 2.18. The molecule has 0 heterocycles. The molecule has 1 nitrogen and oxygen atoms in total. The Morgan fingerprint density at radius 3 is 2.07 bits per heavy atom. The van der Waals surface area contributed by atoms with Crippen LogP contribution in [-0.4, -0.2) is 5.16 Å². The van der Waals surface area contributed by atoms with Crippen LogP contribution in [0.25, 0.3) is 0 Å². The molecule has 3 heteroatoms. The Morgan fingerprint density at radius 1 is 0.857 bits per heavy atom. The Balaban J connectivity index is 1.37. The first kappa shape index (κ1) is 19.1. The molecule has 0 aliphatic heterocycles. The average Bonchev–Trinajstić information content (AvgIpc) is 3.53. The van der Waals surface area contributed by atoms with E-state index in [1.807, 2.05) is 0 Å². The normalized spacial score (nSPS) is 21.3. The molecule has 0 spiro atoms. The molecular formula is C25H24FNS. The van der Waals surface area contributed by atoms with Gasteiger partial charge in [0.15, 0.2) is 5.82 Å². The van der Waals surface area contributed by atoms with E-state index in [-0.39, 0.29) is 5.69 Å². The Labute approximate surface area is 172 Å². The number of benzene rings is 2. The van der Waals surface area contributed by atoms with Gasteiger partial charge in [0, 0.05) is 11.1 Å². The Morgan fingerprint density at radius 2 is 1.46 bits per heavy atom. The van der Waals surface area contributed by atoms with E-state index in [4.69, 9.17) is 0 Å². The lowest BCUT2D eigenvalue weighted by Crippen LogP contribution is -2.13. The molecule has 0 bridgehead atoms. The van der Waals surface area contributed by atoms with Crippen LogP contribution >= 0.6 is 12.2 Å². The zero-order valence-electron chi connectivity index (χ0n) is 16.0. The number of thiocarbonyl (C=S) groups is 1. The number of halogens is 1. The van der Waals surface area contributed by atoms with Crippen molar-refractivity contribution >= 4 is 23.1 Å². The Kier molecular flexibility index (Phi) is 6.01. The summed E-state index contributed by atoms with van der Waals surface area (Å²) in [6.45, 7) is 0. The summed E-state index contributed by atoms with van der Waals surface area (Å²) in [5.41, 5.74) is 3.20. The maximum Gasteiger partial charge on any atom is 0.150 e. The lowest BCUT2D eigenvalue weighted by atomic mass is 9.77. The van der Waals surface area contributed by atoms with Crippen LogP contribution in [0.4, 0.5) is 10.1 Å².